The molecule has 1 N–H and O–H groups in total. The number of hydrogen-bond acceptors (Lipinski definition) is 4. The summed E-state index contributed by atoms with van der Waals surface area (Å²) in [6.45, 7) is 3.49. The Labute approximate surface area is 192 Å². The fourth-order valence-corrected chi connectivity index (χ4v) is 4.44. The third-order valence-electron chi connectivity index (χ3n) is 6.29. The highest BCUT2D eigenvalue weighted by molar-refractivity contribution is 6.07. The van der Waals surface area contributed by atoms with Gasteiger partial charge < -0.3 is 23.9 Å². The number of carbonyl (C=O) groups is 1. The van der Waals surface area contributed by atoms with Gasteiger partial charge in [-0.1, -0.05) is 48.5 Å². The van der Waals surface area contributed by atoms with Gasteiger partial charge in [0.25, 0.3) is 5.79 Å². The number of carboxylic acid groups (broad SMARTS) is 1. The molecule has 4 aromatic rings. The number of aliphatic carboxylic acids is 1. The molecule has 0 unspecified atom stereocenters. The number of rotatable bonds is 7. The van der Waals surface area contributed by atoms with Crippen LogP contribution in [0.4, 0.5) is 0 Å². The van der Waals surface area contributed by atoms with Gasteiger partial charge in [0.15, 0.2) is 0 Å². The molecule has 3 aromatic carbocycles. The molecule has 1 saturated heterocycles. The smallest absolute Gasteiger partial charge is 0.364 e. The standard InChI is InChI=1S/C27H27NO5/c1-27(26(29)30)32-17-20(18-33-27)16-19-10-12-21(13-11-19)31-15-14-28-24-8-4-2-6-22(24)23-7-3-5-9-25(23)28/h2-13,20H,14-18H2,1H3,(H,29,30)/t20-,27-. The zero-order chi connectivity index (χ0) is 22.8. The number of para-hydroxylation sites is 2. The van der Waals surface area contributed by atoms with Gasteiger partial charge in [-0.25, -0.2) is 4.79 Å². The van der Waals surface area contributed by atoms with Crippen molar-refractivity contribution in [2.45, 2.75) is 25.7 Å². The number of aromatic nitrogens is 1. The van der Waals surface area contributed by atoms with Gasteiger partial charge in [0.05, 0.1) is 19.8 Å². The normalized spacial score (nSPS) is 20.8. The van der Waals surface area contributed by atoms with E-state index in [2.05, 4.69) is 53.1 Å². The zero-order valence-electron chi connectivity index (χ0n) is 18.6. The molecule has 1 aliphatic rings. The second kappa shape index (κ2) is 8.89. The molecule has 6 nitrogen and oxygen atoms in total. The first-order valence-electron chi connectivity index (χ1n) is 11.2. The van der Waals surface area contributed by atoms with E-state index >= 15 is 0 Å². The predicted molar refractivity (Wildman–Crippen MR) is 127 cm³/mol. The number of hydrogen-bond donors (Lipinski definition) is 1. The van der Waals surface area contributed by atoms with Crippen molar-refractivity contribution in [2.75, 3.05) is 19.8 Å². The number of nitrogens with zero attached hydrogens (tertiary/aromatic N) is 1. The molecule has 1 fully saturated rings. The summed E-state index contributed by atoms with van der Waals surface area (Å²) in [5.74, 6) is -1.68. The Balaban J connectivity index is 1.19. The summed E-state index contributed by atoms with van der Waals surface area (Å²) >= 11 is 0. The lowest BCUT2D eigenvalue weighted by Gasteiger charge is -2.34. The van der Waals surface area contributed by atoms with Gasteiger partial charge in [0.1, 0.15) is 12.4 Å². The lowest BCUT2D eigenvalue weighted by molar-refractivity contribution is -0.270. The van der Waals surface area contributed by atoms with Crippen molar-refractivity contribution >= 4 is 27.8 Å². The van der Waals surface area contributed by atoms with Gasteiger partial charge in [-0.2, -0.15) is 0 Å². The van der Waals surface area contributed by atoms with E-state index in [0.717, 1.165) is 24.3 Å². The van der Waals surface area contributed by atoms with Crippen molar-refractivity contribution in [3.8, 4) is 5.75 Å². The summed E-state index contributed by atoms with van der Waals surface area (Å²) in [5.41, 5.74) is 3.57. The van der Waals surface area contributed by atoms with Gasteiger partial charge >= 0.3 is 5.97 Å². The molecular weight excluding hydrogens is 418 g/mol. The third-order valence-corrected chi connectivity index (χ3v) is 6.29. The van der Waals surface area contributed by atoms with E-state index in [-0.39, 0.29) is 5.92 Å². The largest absolute Gasteiger partial charge is 0.492 e. The van der Waals surface area contributed by atoms with Gasteiger partial charge in [-0.3, -0.25) is 0 Å². The highest BCUT2D eigenvalue weighted by atomic mass is 16.7. The average Bonchev–Trinajstić information content (AvgIpc) is 3.16. The van der Waals surface area contributed by atoms with Crippen molar-refractivity contribution in [1.29, 1.82) is 0 Å². The topological polar surface area (TPSA) is 69.9 Å². The molecule has 0 amide bonds. The van der Waals surface area contributed by atoms with E-state index in [9.17, 15) is 9.90 Å². The van der Waals surface area contributed by atoms with Crippen LogP contribution in [-0.2, 0) is 27.2 Å². The zero-order valence-corrected chi connectivity index (χ0v) is 18.6. The number of ether oxygens (including phenoxy) is 3. The van der Waals surface area contributed by atoms with Crippen LogP contribution in [0.2, 0.25) is 0 Å². The molecule has 5 rings (SSSR count). The van der Waals surface area contributed by atoms with E-state index in [4.69, 9.17) is 14.2 Å². The first kappa shape index (κ1) is 21.5. The van der Waals surface area contributed by atoms with Gasteiger partial charge in [-0.05, 0) is 36.2 Å². The molecule has 0 aliphatic carbocycles. The number of carboxylic acids is 1. The van der Waals surface area contributed by atoms with Crippen LogP contribution in [-0.4, -0.2) is 41.3 Å². The van der Waals surface area contributed by atoms with Gasteiger partial charge in [0.2, 0.25) is 0 Å². The van der Waals surface area contributed by atoms with E-state index in [1.54, 1.807) is 0 Å². The fraction of sp³-hybridized carbons (Fsp3) is 0.296. The second-order valence-corrected chi connectivity index (χ2v) is 8.62. The first-order valence-corrected chi connectivity index (χ1v) is 11.2. The minimum atomic E-state index is -1.54. The lowest BCUT2D eigenvalue weighted by atomic mass is 9.99. The average molecular weight is 446 g/mol. The maximum absolute atomic E-state index is 11.2. The molecule has 0 saturated carbocycles. The summed E-state index contributed by atoms with van der Waals surface area (Å²) in [5, 5.41) is 11.7. The third kappa shape index (κ3) is 4.32. The quantitative estimate of drug-likeness (QED) is 0.439. The summed E-state index contributed by atoms with van der Waals surface area (Å²) in [6, 6.07) is 25.0. The number of fused-ring (bicyclic) bond motifs is 3. The van der Waals surface area contributed by atoms with Crippen molar-refractivity contribution in [3.05, 3.63) is 78.4 Å². The van der Waals surface area contributed by atoms with Crippen molar-refractivity contribution < 1.29 is 24.1 Å². The summed E-state index contributed by atoms with van der Waals surface area (Å²) < 4.78 is 19.2. The highest BCUT2D eigenvalue weighted by Gasteiger charge is 2.40. The molecule has 0 spiro atoms. The Kier molecular flexibility index (Phi) is 5.79. The minimum absolute atomic E-state index is 0.125. The van der Waals surface area contributed by atoms with Crippen LogP contribution in [0, 0.1) is 5.92 Å². The SMILES string of the molecule is C[C@]1(C(=O)O)OC[C@H](Cc2ccc(OCCn3c4ccccc4c4ccccc43)cc2)CO1. The highest BCUT2D eigenvalue weighted by Crippen LogP contribution is 2.29. The molecule has 0 radical (unpaired) electrons. The van der Waals surface area contributed by atoms with Crippen LogP contribution in [0.25, 0.3) is 21.8 Å². The monoisotopic (exact) mass is 445 g/mol. The van der Waals surface area contributed by atoms with E-state index < -0.39 is 11.8 Å². The van der Waals surface area contributed by atoms with Crippen molar-refractivity contribution in [1.82, 2.24) is 4.57 Å². The molecule has 0 bridgehead atoms. The van der Waals surface area contributed by atoms with Crippen LogP contribution in [0.1, 0.15) is 12.5 Å². The lowest BCUT2D eigenvalue weighted by Crippen LogP contribution is -2.48. The first-order chi connectivity index (χ1) is 16.0. The van der Waals surface area contributed by atoms with Gasteiger partial charge in [-0.15, -0.1) is 0 Å². The van der Waals surface area contributed by atoms with Crippen LogP contribution in [0.5, 0.6) is 5.75 Å². The molecule has 6 heteroatoms. The molecule has 1 aliphatic heterocycles. The fourth-order valence-electron chi connectivity index (χ4n) is 4.44. The Morgan fingerprint density at radius 1 is 0.970 bits per heavy atom. The molecule has 170 valence electrons. The van der Waals surface area contributed by atoms with E-state index in [1.807, 2.05) is 24.3 Å². The maximum Gasteiger partial charge on any atom is 0.364 e. The Hall–Kier alpha value is -3.35. The van der Waals surface area contributed by atoms with Crippen molar-refractivity contribution in [3.63, 3.8) is 0 Å². The summed E-state index contributed by atoms with van der Waals surface area (Å²) in [7, 11) is 0. The predicted octanol–water partition coefficient (Wildman–Crippen LogP) is 4.88. The van der Waals surface area contributed by atoms with E-state index in [1.165, 1.54) is 28.7 Å². The molecule has 33 heavy (non-hydrogen) atoms. The summed E-state index contributed by atoms with van der Waals surface area (Å²) in [4.78, 5) is 11.2. The molecule has 1 aromatic heterocycles. The second-order valence-electron chi connectivity index (χ2n) is 8.62. The summed E-state index contributed by atoms with van der Waals surface area (Å²) in [6.07, 6.45) is 0.761. The molecule has 0 atom stereocenters. The van der Waals surface area contributed by atoms with E-state index in [0.29, 0.717) is 19.8 Å². The Bertz CT molecular complexity index is 1220. The maximum atomic E-state index is 11.2. The number of benzene rings is 3. The Morgan fingerprint density at radius 3 is 2.12 bits per heavy atom. The van der Waals surface area contributed by atoms with Crippen LogP contribution in [0.15, 0.2) is 72.8 Å². The Morgan fingerprint density at radius 2 is 1.55 bits per heavy atom. The van der Waals surface area contributed by atoms with Crippen LogP contribution < -0.4 is 4.74 Å². The molecule has 2 heterocycles. The van der Waals surface area contributed by atoms with Crippen molar-refractivity contribution in [2.24, 2.45) is 5.92 Å². The van der Waals surface area contributed by atoms with Gasteiger partial charge in [0, 0.05) is 34.6 Å². The molecular formula is C27H27NO5. The van der Waals surface area contributed by atoms with Crippen LogP contribution >= 0.6 is 0 Å². The van der Waals surface area contributed by atoms with Crippen LogP contribution in [0.3, 0.4) is 0 Å². The minimum Gasteiger partial charge on any atom is -0.492 e.